The maximum absolute atomic E-state index is 13.5. The van der Waals surface area contributed by atoms with Crippen molar-refractivity contribution in [3.8, 4) is 0 Å². The van der Waals surface area contributed by atoms with E-state index in [1.165, 1.54) is 12.5 Å². The summed E-state index contributed by atoms with van der Waals surface area (Å²) in [6.45, 7) is 2.81. The molecule has 86 valence electrons. The molecule has 0 saturated carbocycles. The third kappa shape index (κ3) is 2.81. The second kappa shape index (κ2) is 5.10. The van der Waals surface area contributed by atoms with Crippen molar-refractivity contribution in [2.75, 3.05) is 11.9 Å². The zero-order chi connectivity index (χ0) is 11.4. The first-order valence-corrected chi connectivity index (χ1v) is 5.82. The van der Waals surface area contributed by atoms with Crippen molar-refractivity contribution in [3.05, 3.63) is 29.6 Å². The van der Waals surface area contributed by atoms with Gasteiger partial charge in [-0.2, -0.15) is 0 Å². The summed E-state index contributed by atoms with van der Waals surface area (Å²) in [6, 6.07) is 5.09. The summed E-state index contributed by atoms with van der Waals surface area (Å²) >= 11 is 0. The van der Waals surface area contributed by atoms with Crippen molar-refractivity contribution in [1.82, 2.24) is 0 Å². The Morgan fingerprint density at radius 3 is 3.00 bits per heavy atom. The van der Waals surface area contributed by atoms with Gasteiger partial charge in [-0.1, -0.05) is 12.5 Å². The zero-order valence-corrected chi connectivity index (χ0v) is 9.59. The molecular formula is C13H17FN2. The summed E-state index contributed by atoms with van der Waals surface area (Å²) in [5, 5.41) is 3.10. The summed E-state index contributed by atoms with van der Waals surface area (Å²) < 4.78 is 13.5. The first-order valence-electron chi connectivity index (χ1n) is 5.82. The van der Waals surface area contributed by atoms with E-state index in [9.17, 15) is 4.39 Å². The molecule has 2 rings (SSSR count). The largest absolute Gasteiger partial charge is 0.342 e. The second-order valence-electron chi connectivity index (χ2n) is 4.25. The van der Waals surface area contributed by atoms with Crippen LogP contribution in [0.25, 0.3) is 0 Å². The lowest BCUT2D eigenvalue weighted by Crippen LogP contribution is -2.12. The number of anilines is 1. The summed E-state index contributed by atoms with van der Waals surface area (Å²) in [5.74, 6) is 0.708. The second-order valence-corrected chi connectivity index (χ2v) is 4.25. The molecule has 0 spiro atoms. The Bertz CT molecular complexity index is 399. The molecule has 0 radical (unpaired) electrons. The smallest absolute Gasteiger partial charge is 0.146 e. The average Bonchev–Trinajstić information content (AvgIpc) is 2.52. The highest BCUT2D eigenvalue weighted by molar-refractivity contribution is 5.95. The van der Waals surface area contributed by atoms with Gasteiger partial charge in [0, 0.05) is 13.0 Å². The van der Waals surface area contributed by atoms with E-state index in [0.717, 1.165) is 37.2 Å². The van der Waals surface area contributed by atoms with Crippen molar-refractivity contribution >= 4 is 11.5 Å². The first-order chi connectivity index (χ1) is 7.75. The number of benzene rings is 1. The lowest BCUT2D eigenvalue weighted by molar-refractivity contribution is 0.631. The minimum atomic E-state index is -0.211. The summed E-state index contributed by atoms with van der Waals surface area (Å²) in [6.07, 6.45) is 4.42. The predicted molar refractivity (Wildman–Crippen MR) is 65.5 cm³/mol. The van der Waals surface area contributed by atoms with Crippen LogP contribution in [-0.2, 0) is 0 Å². The van der Waals surface area contributed by atoms with Crippen LogP contribution < -0.4 is 5.32 Å². The SMILES string of the molecule is Cc1ccc(F)c(NC2=NCCCCC2)c1. The zero-order valence-electron chi connectivity index (χ0n) is 9.59. The molecule has 0 atom stereocenters. The molecule has 1 heterocycles. The number of aliphatic imine (C=N–C) groups is 1. The molecule has 2 nitrogen and oxygen atoms in total. The molecule has 0 bridgehead atoms. The minimum absolute atomic E-state index is 0.211. The average molecular weight is 220 g/mol. The van der Waals surface area contributed by atoms with Crippen LogP contribution in [0.3, 0.4) is 0 Å². The van der Waals surface area contributed by atoms with Gasteiger partial charge in [0.15, 0.2) is 0 Å². The van der Waals surface area contributed by atoms with Gasteiger partial charge < -0.3 is 5.32 Å². The molecule has 0 unspecified atom stereocenters. The number of aryl methyl sites for hydroxylation is 1. The van der Waals surface area contributed by atoms with Gasteiger partial charge >= 0.3 is 0 Å². The van der Waals surface area contributed by atoms with Crippen LogP contribution in [0.15, 0.2) is 23.2 Å². The monoisotopic (exact) mass is 220 g/mol. The molecule has 1 aromatic rings. The lowest BCUT2D eigenvalue weighted by atomic mass is 10.2. The molecule has 1 aliphatic rings. The molecule has 0 aliphatic carbocycles. The Morgan fingerprint density at radius 1 is 1.25 bits per heavy atom. The van der Waals surface area contributed by atoms with E-state index < -0.39 is 0 Å². The van der Waals surface area contributed by atoms with Gasteiger partial charge in [0.25, 0.3) is 0 Å². The van der Waals surface area contributed by atoms with Crippen molar-refractivity contribution in [2.24, 2.45) is 4.99 Å². The Labute approximate surface area is 95.6 Å². The molecule has 1 aliphatic heterocycles. The van der Waals surface area contributed by atoms with Crippen LogP contribution in [0.4, 0.5) is 10.1 Å². The maximum Gasteiger partial charge on any atom is 0.146 e. The van der Waals surface area contributed by atoms with E-state index in [2.05, 4.69) is 10.3 Å². The van der Waals surface area contributed by atoms with Crippen LogP contribution in [0.2, 0.25) is 0 Å². The lowest BCUT2D eigenvalue weighted by Gasteiger charge is -2.09. The van der Waals surface area contributed by atoms with E-state index in [-0.39, 0.29) is 5.82 Å². The number of rotatable bonds is 1. The van der Waals surface area contributed by atoms with Crippen molar-refractivity contribution < 1.29 is 4.39 Å². The van der Waals surface area contributed by atoms with E-state index >= 15 is 0 Å². The fraction of sp³-hybridized carbons (Fsp3) is 0.462. The number of halogens is 1. The Morgan fingerprint density at radius 2 is 2.12 bits per heavy atom. The van der Waals surface area contributed by atoms with Gasteiger partial charge in [-0.05, 0) is 37.5 Å². The molecule has 1 N–H and O–H groups in total. The fourth-order valence-electron chi connectivity index (χ4n) is 1.87. The third-order valence-corrected chi connectivity index (χ3v) is 2.78. The molecule has 16 heavy (non-hydrogen) atoms. The van der Waals surface area contributed by atoms with Gasteiger partial charge in [-0.3, -0.25) is 4.99 Å². The molecular weight excluding hydrogens is 203 g/mol. The van der Waals surface area contributed by atoms with Crippen LogP contribution in [0.1, 0.15) is 31.2 Å². The normalized spacial score (nSPS) is 16.5. The standard InChI is InChI=1S/C13H17FN2/c1-10-6-7-11(14)12(9-10)16-13-5-3-2-4-8-15-13/h6-7,9H,2-5,8H2,1H3,(H,15,16). The maximum atomic E-state index is 13.5. The van der Waals surface area contributed by atoms with Crippen molar-refractivity contribution in [1.29, 1.82) is 0 Å². The van der Waals surface area contributed by atoms with Crippen LogP contribution >= 0.6 is 0 Å². The number of hydrogen-bond acceptors (Lipinski definition) is 2. The number of hydrogen-bond donors (Lipinski definition) is 1. The Hall–Kier alpha value is -1.38. The highest BCUT2D eigenvalue weighted by Crippen LogP contribution is 2.17. The third-order valence-electron chi connectivity index (χ3n) is 2.78. The van der Waals surface area contributed by atoms with E-state index in [4.69, 9.17) is 0 Å². The van der Waals surface area contributed by atoms with Crippen LogP contribution in [0.5, 0.6) is 0 Å². The minimum Gasteiger partial charge on any atom is -0.342 e. The van der Waals surface area contributed by atoms with E-state index in [0.29, 0.717) is 5.69 Å². The van der Waals surface area contributed by atoms with E-state index in [1.54, 1.807) is 6.07 Å². The van der Waals surface area contributed by atoms with Crippen LogP contribution in [-0.4, -0.2) is 12.4 Å². The Kier molecular flexibility index (Phi) is 3.54. The molecule has 0 saturated heterocycles. The Balaban J connectivity index is 2.13. The topological polar surface area (TPSA) is 24.4 Å². The number of amidine groups is 1. The summed E-state index contributed by atoms with van der Waals surface area (Å²) in [7, 11) is 0. The highest BCUT2D eigenvalue weighted by atomic mass is 19.1. The van der Waals surface area contributed by atoms with Crippen molar-refractivity contribution in [2.45, 2.75) is 32.6 Å². The predicted octanol–water partition coefficient (Wildman–Crippen LogP) is 3.52. The molecule has 0 amide bonds. The molecule has 1 aromatic carbocycles. The fourth-order valence-corrected chi connectivity index (χ4v) is 1.87. The summed E-state index contributed by atoms with van der Waals surface area (Å²) in [4.78, 5) is 4.43. The quantitative estimate of drug-likeness (QED) is 0.769. The molecule has 0 aromatic heterocycles. The molecule has 0 fully saturated rings. The van der Waals surface area contributed by atoms with Gasteiger partial charge in [-0.25, -0.2) is 4.39 Å². The number of nitrogens with zero attached hydrogens (tertiary/aromatic N) is 1. The van der Waals surface area contributed by atoms with E-state index in [1.807, 2.05) is 13.0 Å². The van der Waals surface area contributed by atoms with Crippen molar-refractivity contribution in [3.63, 3.8) is 0 Å². The number of nitrogens with one attached hydrogen (secondary N) is 1. The molecule has 3 heteroatoms. The highest BCUT2D eigenvalue weighted by Gasteiger charge is 2.07. The first kappa shape index (κ1) is 11.1. The van der Waals surface area contributed by atoms with Gasteiger partial charge in [0.1, 0.15) is 11.7 Å². The van der Waals surface area contributed by atoms with Gasteiger partial charge in [-0.15, -0.1) is 0 Å². The van der Waals surface area contributed by atoms with Gasteiger partial charge in [0.05, 0.1) is 5.69 Å². The summed E-state index contributed by atoms with van der Waals surface area (Å²) in [5.41, 5.74) is 1.60. The van der Waals surface area contributed by atoms with Gasteiger partial charge in [0.2, 0.25) is 0 Å². The van der Waals surface area contributed by atoms with Crippen LogP contribution in [0, 0.1) is 12.7 Å².